The molecule has 2 saturated carbocycles. The molecule has 0 radical (unpaired) electrons. The lowest BCUT2D eigenvalue weighted by molar-refractivity contribution is -0.153. The Balaban J connectivity index is 1.37. The van der Waals surface area contributed by atoms with Crippen LogP contribution in [0.2, 0.25) is 0 Å². The number of carbonyl (C=O) groups is 2. The van der Waals surface area contributed by atoms with E-state index in [9.17, 15) is 30.8 Å². The second-order valence-electron chi connectivity index (χ2n) is 10.4. The quantitative estimate of drug-likeness (QED) is 0.535. The predicted octanol–water partition coefficient (Wildman–Crippen LogP) is 2.35. The Labute approximate surface area is 219 Å². The van der Waals surface area contributed by atoms with Gasteiger partial charge in [-0.2, -0.15) is 8.42 Å². The molecule has 38 heavy (non-hydrogen) atoms. The number of hydrogen-bond acceptors (Lipinski definition) is 7. The van der Waals surface area contributed by atoms with Gasteiger partial charge in [-0.15, -0.1) is 4.40 Å². The van der Waals surface area contributed by atoms with Crippen LogP contribution >= 0.6 is 0 Å². The lowest BCUT2D eigenvalue weighted by atomic mass is 9.73. The SMILES string of the molecule is CS(=O)(=O)Nc1ccc2c(c1)S(=O)(=O)N=C(C1C(=O)C3C([C@@H]4CC[C@H]3C4)N(Cc3ccc(F)cc3)C1=O)N2. The summed E-state index contributed by atoms with van der Waals surface area (Å²) in [4.78, 5) is 29.1. The average molecular weight is 561 g/mol. The number of Topliss-reactive ketones (excluding diaryl/α,β-unsaturated/α-hetero) is 1. The first kappa shape index (κ1) is 25.0. The average Bonchev–Trinajstić information content (AvgIpc) is 3.45. The highest BCUT2D eigenvalue weighted by molar-refractivity contribution is 7.92. The maximum absolute atomic E-state index is 13.9. The van der Waals surface area contributed by atoms with Crippen LogP contribution in [-0.2, 0) is 36.2 Å². The number of halogens is 1. The Morgan fingerprint density at radius 2 is 1.82 bits per heavy atom. The number of ketones is 1. The molecule has 2 bridgehead atoms. The monoisotopic (exact) mass is 560 g/mol. The summed E-state index contributed by atoms with van der Waals surface area (Å²) in [6.45, 7) is 0.171. The Kier molecular flexibility index (Phi) is 5.65. The fourth-order valence-electron chi connectivity index (χ4n) is 6.54. The molecule has 0 spiro atoms. The number of fused-ring (bicyclic) bond motifs is 6. The van der Waals surface area contributed by atoms with E-state index in [1.807, 2.05) is 0 Å². The lowest BCUT2D eigenvalue weighted by Crippen LogP contribution is -2.61. The zero-order valence-electron chi connectivity index (χ0n) is 20.3. The molecule has 2 aromatic carbocycles. The number of amidine groups is 1. The topological polar surface area (TPSA) is 142 Å². The van der Waals surface area contributed by atoms with Crippen LogP contribution in [0.5, 0.6) is 0 Å². The maximum atomic E-state index is 13.9. The first-order valence-corrected chi connectivity index (χ1v) is 15.6. The second-order valence-corrected chi connectivity index (χ2v) is 13.8. The van der Waals surface area contributed by atoms with E-state index in [0.717, 1.165) is 31.6 Å². The van der Waals surface area contributed by atoms with E-state index >= 15 is 0 Å². The van der Waals surface area contributed by atoms with Crippen molar-refractivity contribution in [3.05, 3.63) is 53.8 Å². The lowest BCUT2D eigenvalue weighted by Gasteiger charge is -2.45. The number of rotatable bonds is 5. The minimum absolute atomic E-state index is 0.0374. The van der Waals surface area contributed by atoms with Gasteiger partial charge in [-0.1, -0.05) is 12.1 Å². The zero-order chi connectivity index (χ0) is 27.0. The summed E-state index contributed by atoms with van der Waals surface area (Å²) in [6, 6.07) is 9.41. The number of piperidine rings is 1. The number of nitrogens with zero attached hydrogens (tertiary/aromatic N) is 2. The van der Waals surface area contributed by atoms with Gasteiger partial charge in [-0.05, 0) is 67.0 Å². The third-order valence-corrected chi connectivity index (χ3v) is 9.90. The molecular weight excluding hydrogens is 535 g/mol. The molecule has 10 nitrogen and oxygen atoms in total. The standard InChI is InChI=1S/C25H25FN4O6S2/c1-37(33,34)28-17-8-9-18-19(11-17)38(35,36)29-24(27-18)21-23(31)20-14-4-5-15(10-14)22(20)30(25(21)32)12-13-2-6-16(26)7-3-13/h2-3,6-9,11,14-15,20-22,28H,4-5,10,12H2,1H3,(H,27,29)/t14-,15+,20?,21?,22?/m0/s1. The molecule has 4 aliphatic rings. The molecule has 200 valence electrons. The van der Waals surface area contributed by atoms with Gasteiger partial charge in [0, 0.05) is 24.2 Å². The summed E-state index contributed by atoms with van der Waals surface area (Å²) in [5.74, 6) is -3.08. The number of carbonyl (C=O) groups excluding carboxylic acids is 2. The van der Waals surface area contributed by atoms with Crippen LogP contribution in [0.1, 0.15) is 24.8 Å². The maximum Gasteiger partial charge on any atom is 0.286 e. The smallest absolute Gasteiger partial charge is 0.286 e. The van der Waals surface area contributed by atoms with Crippen LogP contribution in [-0.4, -0.2) is 51.6 Å². The normalized spacial score (nSPS) is 29.4. The molecule has 3 fully saturated rings. The highest BCUT2D eigenvalue weighted by Crippen LogP contribution is 2.54. The van der Waals surface area contributed by atoms with E-state index in [1.54, 1.807) is 17.0 Å². The van der Waals surface area contributed by atoms with E-state index in [4.69, 9.17) is 0 Å². The minimum atomic E-state index is -4.35. The van der Waals surface area contributed by atoms with Crippen LogP contribution in [0, 0.1) is 29.5 Å². The summed E-state index contributed by atoms with van der Waals surface area (Å²) in [5, 5.41) is 2.86. The van der Waals surface area contributed by atoms with Gasteiger partial charge in [0.1, 0.15) is 16.5 Å². The molecule has 0 aromatic heterocycles. The van der Waals surface area contributed by atoms with Gasteiger partial charge in [0.15, 0.2) is 11.7 Å². The van der Waals surface area contributed by atoms with Gasteiger partial charge in [0.2, 0.25) is 15.9 Å². The summed E-state index contributed by atoms with van der Waals surface area (Å²) in [7, 11) is -8.00. The molecule has 5 atom stereocenters. The molecular formula is C25H25FN4O6S2. The minimum Gasteiger partial charge on any atom is -0.341 e. The van der Waals surface area contributed by atoms with E-state index in [-0.39, 0.29) is 52.3 Å². The number of sulfonamides is 2. The van der Waals surface area contributed by atoms with Crippen LogP contribution in [0.4, 0.5) is 15.8 Å². The molecule has 2 heterocycles. The Bertz CT molecular complexity index is 1610. The molecule has 1 amide bonds. The van der Waals surface area contributed by atoms with E-state index in [1.165, 1.54) is 24.3 Å². The molecule has 2 aliphatic heterocycles. The molecule has 13 heteroatoms. The van der Waals surface area contributed by atoms with Crippen molar-refractivity contribution in [3.63, 3.8) is 0 Å². The van der Waals surface area contributed by atoms with Crippen molar-refractivity contribution >= 4 is 48.9 Å². The van der Waals surface area contributed by atoms with Crippen molar-refractivity contribution in [3.8, 4) is 0 Å². The number of likely N-dealkylation sites (tertiary alicyclic amines) is 1. The van der Waals surface area contributed by atoms with Gasteiger partial charge < -0.3 is 10.2 Å². The number of anilines is 2. The fraction of sp³-hybridized carbons (Fsp3) is 0.400. The molecule has 1 saturated heterocycles. The predicted molar refractivity (Wildman–Crippen MR) is 137 cm³/mol. The third kappa shape index (κ3) is 4.17. The Hall–Kier alpha value is -3.32. The van der Waals surface area contributed by atoms with Crippen molar-refractivity contribution < 1.29 is 30.8 Å². The van der Waals surface area contributed by atoms with Gasteiger partial charge in [0.05, 0.1) is 11.9 Å². The van der Waals surface area contributed by atoms with E-state index in [2.05, 4.69) is 14.4 Å². The molecule has 2 aromatic rings. The van der Waals surface area contributed by atoms with E-state index in [0.29, 0.717) is 5.56 Å². The first-order valence-electron chi connectivity index (χ1n) is 12.2. The van der Waals surface area contributed by atoms with Gasteiger partial charge in [-0.3, -0.25) is 14.3 Å². The van der Waals surface area contributed by atoms with Crippen LogP contribution in [0.15, 0.2) is 51.8 Å². The van der Waals surface area contributed by atoms with Crippen molar-refractivity contribution in [1.82, 2.24) is 4.90 Å². The highest BCUT2D eigenvalue weighted by Gasteiger charge is 2.60. The summed E-state index contributed by atoms with van der Waals surface area (Å²) in [5.41, 5.74) is 0.835. The van der Waals surface area contributed by atoms with Crippen molar-refractivity contribution in [2.45, 2.75) is 36.7 Å². The number of benzene rings is 2. The number of amides is 1. The first-order chi connectivity index (χ1) is 17.9. The largest absolute Gasteiger partial charge is 0.341 e. The molecule has 2 aliphatic carbocycles. The van der Waals surface area contributed by atoms with Crippen LogP contribution in [0.25, 0.3) is 0 Å². The van der Waals surface area contributed by atoms with Gasteiger partial charge in [0.25, 0.3) is 10.0 Å². The number of hydrogen-bond donors (Lipinski definition) is 2. The van der Waals surface area contributed by atoms with Crippen molar-refractivity contribution in [2.75, 3.05) is 16.3 Å². The fourth-order valence-corrected chi connectivity index (χ4v) is 8.28. The second kappa shape index (κ2) is 8.60. The van der Waals surface area contributed by atoms with Crippen molar-refractivity contribution in [1.29, 1.82) is 0 Å². The highest BCUT2D eigenvalue weighted by atomic mass is 32.2. The van der Waals surface area contributed by atoms with Gasteiger partial charge >= 0.3 is 0 Å². The summed E-state index contributed by atoms with van der Waals surface area (Å²) < 4.78 is 69.0. The van der Waals surface area contributed by atoms with Crippen molar-refractivity contribution in [2.24, 2.45) is 28.1 Å². The molecule has 6 rings (SSSR count). The van der Waals surface area contributed by atoms with Gasteiger partial charge in [-0.25, -0.2) is 12.8 Å². The van der Waals surface area contributed by atoms with Crippen LogP contribution in [0.3, 0.4) is 0 Å². The summed E-state index contributed by atoms with van der Waals surface area (Å²) in [6.07, 6.45) is 3.57. The van der Waals surface area contributed by atoms with E-state index < -0.39 is 43.6 Å². The molecule has 2 N–H and O–H groups in total. The zero-order valence-corrected chi connectivity index (χ0v) is 21.9. The Morgan fingerprint density at radius 1 is 1.11 bits per heavy atom. The molecule has 3 unspecified atom stereocenters. The Morgan fingerprint density at radius 3 is 2.53 bits per heavy atom. The summed E-state index contributed by atoms with van der Waals surface area (Å²) >= 11 is 0. The van der Waals surface area contributed by atoms with Crippen LogP contribution < -0.4 is 10.0 Å². The third-order valence-electron chi connectivity index (χ3n) is 7.96. The number of nitrogens with one attached hydrogen (secondary N) is 2.